The van der Waals surface area contributed by atoms with E-state index in [0.717, 1.165) is 11.1 Å². The summed E-state index contributed by atoms with van der Waals surface area (Å²) in [5.74, 6) is 0. The second-order valence-corrected chi connectivity index (χ2v) is 2.46. The summed E-state index contributed by atoms with van der Waals surface area (Å²) < 4.78 is 0. The van der Waals surface area contributed by atoms with E-state index in [1.54, 1.807) is 6.07 Å². The minimum atomic E-state index is 0. The van der Waals surface area contributed by atoms with Crippen LogP contribution in [0.25, 0.3) is 0 Å². The number of aryl methyl sites for hydroxylation is 1. The number of hydrogen-bond donors (Lipinski definition) is 1. The Morgan fingerprint density at radius 3 is 2.58 bits per heavy atom. The molecule has 0 amide bonds. The molecule has 0 aliphatic heterocycles. The van der Waals surface area contributed by atoms with Crippen LogP contribution in [0.1, 0.15) is 16.7 Å². The van der Waals surface area contributed by atoms with Gasteiger partial charge in [0.15, 0.2) is 0 Å². The molecule has 0 fully saturated rings. The van der Waals surface area contributed by atoms with Crippen molar-refractivity contribution in [3.63, 3.8) is 0 Å². The molecule has 0 aliphatic rings. The first-order chi connectivity index (χ1) is 5.27. The molecule has 0 aromatic heterocycles. The van der Waals surface area contributed by atoms with Gasteiger partial charge in [-0.25, -0.2) is 0 Å². The molecule has 1 aromatic carbocycles. The molecule has 2 N–H and O–H groups in total. The molecule has 0 aliphatic carbocycles. The summed E-state index contributed by atoms with van der Waals surface area (Å²) in [6.45, 7) is 2.50. The zero-order chi connectivity index (χ0) is 8.27. The van der Waals surface area contributed by atoms with Crippen molar-refractivity contribution < 1.29 is 0 Å². The van der Waals surface area contributed by atoms with Crippen molar-refractivity contribution >= 4 is 12.4 Å². The maximum Gasteiger partial charge on any atom is 0.0991 e. The van der Waals surface area contributed by atoms with Gasteiger partial charge in [0.1, 0.15) is 0 Å². The van der Waals surface area contributed by atoms with Gasteiger partial charge in [-0.1, -0.05) is 6.07 Å². The van der Waals surface area contributed by atoms with Crippen LogP contribution in [0.2, 0.25) is 0 Å². The van der Waals surface area contributed by atoms with Gasteiger partial charge in [-0.2, -0.15) is 5.26 Å². The van der Waals surface area contributed by atoms with Crippen LogP contribution in [0.3, 0.4) is 0 Å². The standard InChI is InChI=1S/C9H10N2.ClH/c1-7-4-8(5-10)2-3-9(7)6-11;/h2-4H,6,11H2,1H3;1H. The summed E-state index contributed by atoms with van der Waals surface area (Å²) in [6.07, 6.45) is 0. The SMILES string of the molecule is Cc1cc(C#N)ccc1CN.Cl. The Balaban J connectivity index is 0.00000121. The van der Waals surface area contributed by atoms with Gasteiger partial charge < -0.3 is 5.73 Å². The molecule has 0 unspecified atom stereocenters. The van der Waals surface area contributed by atoms with Gasteiger partial charge in [0.2, 0.25) is 0 Å². The van der Waals surface area contributed by atoms with E-state index in [0.29, 0.717) is 12.1 Å². The van der Waals surface area contributed by atoms with E-state index in [4.69, 9.17) is 11.0 Å². The lowest BCUT2D eigenvalue weighted by Gasteiger charge is -2.00. The summed E-state index contributed by atoms with van der Waals surface area (Å²) in [6, 6.07) is 7.61. The number of halogens is 1. The molecule has 0 saturated carbocycles. The normalized spacial score (nSPS) is 8.42. The van der Waals surface area contributed by atoms with Crippen LogP contribution in [0.5, 0.6) is 0 Å². The van der Waals surface area contributed by atoms with E-state index in [1.807, 2.05) is 19.1 Å². The molecule has 64 valence electrons. The lowest BCUT2D eigenvalue weighted by Crippen LogP contribution is -1.98. The van der Waals surface area contributed by atoms with Gasteiger partial charge in [-0.3, -0.25) is 0 Å². The zero-order valence-electron chi connectivity index (χ0n) is 6.87. The number of rotatable bonds is 1. The first-order valence-corrected chi connectivity index (χ1v) is 3.47. The molecule has 1 aromatic rings. The van der Waals surface area contributed by atoms with Gasteiger partial charge in [-0.15, -0.1) is 12.4 Å². The highest BCUT2D eigenvalue weighted by Gasteiger charge is 1.96. The quantitative estimate of drug-likeness (QED) is 0.720. The minimum Gasteiger partial charge on any atom is -0.326 e. The van der Waals surface area contributed by atoms with Crippen LogP contribution in [-0.4, -0.2) is 0 Å². The fraction of sp³-hybridized carbons (Fsp3) is 0.222. The van der Waals surface area contributed by atoms with E-state index in [1.165, 1.54) is 0 Å². The highest BCUT2D eigenvalue weighted by molar-refractivity contribution is 5.85. The first-order valence-electron chi connectivity index (χ1n) is 3.47. The largest absolute Gasteiger partial charge is 0.326 e. The molecular formula is C9H11ClN2. The Bertz CT molecular complexity index is 302. The predicted octanol–water partition coefficient (Wildman–Crippen LogP) is 1.75. The van der Waals surface area contributed by atoms with Crippen LogP contribution < -0.4 is 5.73 Å². The summed E-state index contributed by atoms with van der Waals surface area (Å²) >= 11 is 0. The van der Waals surface area contributed by atoms with Crippen molar-refractivity contribution in [3.8, 4) is 6.07 Å². The van der Waals surface area contributed by atoms with Gasteiger partial charge in [0, 0.05) is 6.54 Å². The van der Waals surface area contributed by atoms with E-state index in [9.17, 15) is 0 Å². The van der Waals surface area contributed by atoms with E-state index >= 15 is 0 Å². The Kier molecular flexibility index (Phi) is 4.35. The van der Waals surface area contributed by atoms with Crippen LogP contribution in [-0.2, 0) is 6.54 Å². The highest BCUT2D eigenvalue weighted by Crippen LogP contribution is 2.08. The van der Waals surface area contributed by atoms with Crippen molar-refractivity contribution in [3.05, 3.63) is 34.9 Å². The van der Waals surface area contributed by atoms with E-state index < -0.39 is 0 Å². The van der Waals surface area contributed by atoms with Gasteiger partial charge in [0.05, 0.1) is 11.6 Å². The minimum absolute atomic E-state index is 0. The second kappa shape index (κ2) is 4.76. The van der Waals surface area contributed by atoms with Crippen LogP contribution >= 0.6 is 12.4 Å². The maximum atomic E-state index is 8.54. The zero-order valence-corrected chi connectivity index (χ0v) is 7.69. The third kappa shape index (κ3) is 2.23. The lowest BCUT2D eigenvalue weighted by atomic mass is 10.1. The third-order valence-corrected chi connectivity index (χ3v) is 1.69. The molecule has 12 heavy (non-hydrogen) atoms. The first kappa shape index (κ1) is 11.0. The summed E-state index contributed by atoms with van der Waals surface area (Å²) in [5, 5.41) is 8.54. The lowest BCUT2D eigenvalue weighted by molar-refractivity contribution is 1.05. The Labute approximate surface area is 78.4 Å². The number of nitrogens with two attached hydrogens (primary N) is 1. The molecule has 1 rings (SSSR count). The van der Waals surface area contributed by atoms with Crippen LogP contribution in [0.4, 0.5) is 0 Å². The van der Waals surface area contributed by atoms with Gasteiger partial charge in [0.25, 0.3) is 0 Å². The summed E-state index contributed by atoms with van der Waals surface area (Å²) in [5.41, 5.74) is 8.34. The molecule has 2 nitrogen and oxygen atoms in total. The van der Waals surface area contributed by atoms with Gasteiger partial charge >= 0.3 is 0 Å². The van der Waals surface area contributed by atoms with E-state index in [-0.39, 0.29) is 12.4 Å². The summed E-state index contributed by atoms with van der Waals surface area (Å²) in [4.78, 5) is 0. The fourth-order valence-electron chi connectivity index (χ4n) is 0.994. The molecule has 0 radical (unpaired) electrons. The Hall–Kier alpha value is -1.04. The van der Waals surface area contributed by atoms with Crippen molar-refractivity contribution in [2.24, 2.45) is 5.73 Å². The maximum absolute atomic E-state index is 8.54. The number of nitrogens with zero attached hydrogens (tertiary/aromatic N) is 1. The molecule has 0 saturated heterocycles. The second-order valence-electron chi connectivity index (χ2n) is 2.46. The molecule has 0 spiro atoms. The van der Waals surface area contributed by atoms with Crippen LogP contribution in [0.15, 0.2) is 18.2 Å². The monoisotopic (exact) mass is 182 g/mol. The number of hydrogen-bond acceptors (Lipinski definition) is 2. The van der Waals surface area contributed by atoms with Gasteiger partial charge in [-0.05, 0) is 30.2 Å². The van der Waals surface area contributed by atoms with Crippen LogP contribution in [0, 0.1) is 18.3 Å². The fourth-order valence-corrected chi connectivity index (χ4v) is 0.994. The molecule has 0 atom stereocenters. The Morgan fingerprint density at radius 1 is 1.50 bits per heavy atom. The predicted molar refractivity (Wildman–Crippen MR) is 51.0 cm³/mol. The molecular weight excluding hydrogens is 172 g/mol. The molecule has 3 heteroatoms. The average molecular weight is 183 g/mol. The third-order valence-electron chi connectivity index (χ3n) is 1.69. The molecule has 0 bridgehead atoms. The Morgan fingerprint density at radius 2 is 2.17 bits per heavy atom. The topological polar surface area (TPSA) is 49.8 Å². The van der Waals surface area contributed by atoms with Crippen molar-refractivity contribution in [2.75, 3.05) is 0 Å². The van der Waals surface area contributed by atoms with Crippen molar-refractivity contribution in [1.29, 1.82) is 5.26 Å². The number of benzene rings is 1. The number of nitriles is 1. The summed E-state index contributed by atoms with van der Waals surface area (Å²) in [7, 11) is 0. The smallest absolute Gasteiger partial charge is 0.0991 e. The highest BCUT2D eigenvalue weighted by atomic mass is 35.5. The molecule has 0 heterocycles. The van der Waals surface area contributed by atoms with Crippen molar-refractivity contribution in [2.45, 2.75) is 13.5 Å². The van der Waals surface area contributed by atoms with E-state index in [2.05, 4.69) is 6.07 Å². The average Bonchev–Trinajstić information content (AvgIpc) is 2.04. The van der Waals surface area contributed by atoms with Crippen molar-refractivity contribution in [1.82, 2.24) is 0 Å².